The summed E-state index contributed by atoms with van der Waals surface area (Å²) in [7, 11) is 1.67. The molecular formula is C19H27N3O3. The van der Waals surface area contributed by atoms with Crippen molar-refractivity contribution < 1.29 is 14.3 Å². The molecule has 1 saturated heterocycles. The van der Waals surface area contributed by atoms with Crippen LogP contribution in [0.3, 0.4) is 0 Å². The summed E-state index contributed by atoms with van der Waals surface area (Å²) in [6.45, 7) is 4.26. The Kier molecular flexibility index (Phi) is 5.46. The van der Waals surface area contributed by atoms with E-state index in [9.17, 15) is 9.59 Å². The molecule has 2 heterocycles. The van der Waals surface area contributed by atoms with E-state index in [1.807, 2.05) is 17.0 Å². The number of hydrogen-bond acceptors (Lipinski definition) is 4. The molecule has 2 aliphatic rings. The van der Waals surface area contributed by atoms with Gasteiger partial charge in [0.2, 0.25) is 11.8 Å². The average Bonchev–Trinajstić information content (AvgIpc) is 2.61. The monoisotopic (exact) mass is 345 g/mol. The molecule has 1 aromatic carbocycles. The third kappa shape index (κ3) is 4.06. The number of nitrogens with one attached hydrogen (secondary N) is 1. The van der Waals surface area contributed by atoms with Crippen molar-refractivity contribution in [3.63, 3.8) is 0 Å². The van der Waals surface area contributed by atoms with Crippen LogP contribution in [0.25, 0.3) is 0 Å². The number of methoxy groups -OCH3 is 1. The predicted octanol–water partition coefficient (Wildman–Crippen LogP) is 1.57. The minimum Gasteiger partial charge on any atom is -0.495 e. The van der Waals surface area contributed by atoms with Gasteiger partial charge in [-0.15, -0.1) is 0 Å². The maximum Gasteiger partial charge on any atom is 0.239 e. The van der Waals surface area contributed by atoms with Gasteiger partial charge in [0.25, 0.3) is 0 Å². The summed E-state index contributed by atoms with van der Waals surface area (Å²) >= 11 is 0. The molecule has 1 aromatic rings. The van der Waals surface area contributed by atoms with Gasteiger partial charge in [-0.3, -0.25) is 9.59 Å². The number of ether oxygens (including phenoxy) is 1. The predicted molar refractivity (Wildman–Crippen MR) is 96.9 cm³/mol. The first kappa shape index (κ1) is 17.6. The fraction of sp³-hybridized carbons (Fsp3) is 0.579. The van der Waals surface area contributed by atoms with Crippen LogP contribution in [0.2, 0.25) is 0 Å². The molecule has 2 aliphatic heterocycles. The number of hydrogen-bond donors (Lipinski definition) is 1. The maximum absolute atomic E-state index is 12.5. The van der Waals surface area contributed by atoms with Gasteiger partial charge in [0.05, 0.1) is 19.3 Å². The Morgan fingerprint density at radius 3 is 2.68 bits per heavy atom. The van der Waals surface area contributed by atoms with Gasteiger partial charge >= 0.3 is 0 Å². The normalized spacial score (nSPS) is 17.8. The third-order valence-corrected chi connectivity index (χ3v) is 5.13. The molecule has 0 aromatic heterocycles. The van der Waals surface area contributed by atoms with Crippen molar-refractivity contribution in [3.8, 4) is 5.75 Å². The van der Waals surface area contributed by atoms with Crippen LogP contribution in [0.5, 0.6) is 5.75 Å². The number of anilines is 1. The molecule has 1 fully saturated rings. The second-order valence-corrected chi connectivity index (χ2v) is 6.84. The number of carbonyl (C=O) groups excluding carboxylic acids is 2. The van der Waals surface area contributed by atoms with Crippen LogP contribution in [0, 0.1) is 0 Å². The fourth-order valence-corrected chi connectivity index (χ4v) is 3.81. The Labute approximate surface area is 149 Å². The lowest BCUT2D eigenvalue weighted by atomic mass is 10.0. The molecule has 1 N–H and O–H groups in total. The molecule has 136 valence electrons. The van der Waals surface area contributed by atoms with E-state index in [-0.39, 0.29) is 17.9 Å². The number of carbonyl (C=O) groups is 2. The number of amides is 2. The van der Waals surface area contributed by atoms with Gasteiger partial charge in [0.15, 0.2) is 0 Å². The summed E-state index contributed by atoms with van der Waals surface area (Å²) in [6, 6.07) is 6.22. The second kappa shape index (κ2) is 7.76. The van der Waals surface area contributed by atoms with E-state index in [4.69, 9.17) is 4.74 Å². The average molecular weight is 345 g/mol. The van der Waals surface area contributed by atoms with Crippen LogP contribution < -0.4 is 15.0 Å². The number of likely N-dealkylation sites (tertiary alicyclic amines) is 1. The minimum absolute atomic E-state index is 0.0417. The highest BCUT2D eigenvalue weighted by Crippen LogP contribution is 2.35. The van der Waals surface area contributed by atoms with Crippen LogP contribution >= 0.6 is 0 Å². The van der Waals surface area contributed by atoms with Gasteiger partial charge in [-0.05, 0) is 37.3 Å². The highest BCUT2D eigenvalue weighted by molar-refractivity contribution is 5.83. The zero-order valence-corrected chi connectivity index (χ0v) is 15.1. The maximum atomic E-state index is 12.5. The number of nitrogens with zero attached hydrogens (tertiary/aromatic N) is 2. The topological polar surface area (TPSA) is 61.9 Å². The van der Waals surface area contributed by atoms with Gasteiger partial charge in [-0.25, -0.2) is 0 Å². The van der Waals surface area contributed by atoms with Gasteiger partial charge in [-0.1, -0.05) is 12.1 Å². The van der Waals surface area contributed by atoms with Gasteiger partial charge in [0.1, 0.15) is 5.75 Å². The lowest BCUT2D eigenvalue weighted by Crippen LogP contribution is -2.48. The SMILES string of the molecule is COc1cccc2c1N(CC(=O)NC1CCN(C(C)=O)CC1)CCC2. The molecule has 0 spiro atoms. The van der Waals surface area contributed by atoms with E-state index >= 15 is 0 Å². The Bertz CT molecular complexity index is 625. The summed E-state index contributed by atoms with van der Waals surface area (Å²) in [4.78, 5) is 27.9. The number of benzene rings is 1. The number of para-hydroxylation sites is 1. The number of fused-ring (bicyclic) bond motifs is 1. The summed E-state index contributed by atoms with van der Waals surface area (Å²) in [6.07, 6.45) is 3.72. The Morgan fingerprint density at radius 2 is 2.00 bits per heavy atom. The van der Waals surface area contributed by atoms with Crippen LogP contribution in [-0.2, 0) is 16.0 Å². The summed E-state index contributed by atoms with van der Waals surface area (Å²) in [5.41, 5.74) is 2.30. The molecule has 6 heteroatoms. The molecule has 0 aliphatic carbocycles. The van der Waals surface area contributed by atoms with Crippen molar-refractivity contribution in [3.05, 3.63) is 23.8 Å². The van der Waals surface area contributed by atoms with E-state index in [0.29, 0.717) is 6.54 Å². The molecule has 0 atom stereocenters. The van der Waals surface area contributed by atoms with Crippen molar-refractivity contribution >= 4 is 17.5 Å². The van der Waals surface area contributed by atoms with E-state index in [2.05, 4.69) is 16.3 Å². The Morgan fingerprint density at radius 1 is 1.24 bits per heavy atom. The molecule has 3 rings (SSSR count). The molecular weight excluding hydrogens is 318 g/mol. The van der Waals surface area contributed by atoms with Gasteiger partial charge in [0, 0.05) is 32.6 Å². The zero-order chi connectivity index (χ0) is 17.8. The van der Waals surface area contributed by atoms with E-state index in [1.165, 1.54) is 5.56 Å². The first-order valence-electron chi connectivity index (χ1n) is 9.04. The van der Waals surface area contributed by atoms with E-state index in [0.717, 1.165) is 56.8 Å². The van der Waals surface area contributed by atoms with E-state index in [1.54, 1.807) is 14.0 Å². The van der Waals surface area contributed by atoms with Crippen molar-refractivity contribution in [2.75, 3.05) is 38.2 Å². The summed E-state index contributed by atoms with van der Waals surface area (Å²) in [5, 5.41) is 3.13. The second-order valence-electron chi connectivity index (χ2n) is 6.84. The molecule has 6 nitrogen and oxygen atoms in total. The molecule has 25 heavy (non-hydrogen) atoms. The zero-order valence-electron chi connectivity index (χ0n) is 15.1. The highest BCUT2D eigenvalue weighted by Gasteiger charge is 2.25. The smallest absolute Gasteiger partial charge is 0.239 e. The Hall–Kier alpha value is -2.24. The van der Waals surface area contributed by atoms with Gasteiger partial charge < -0.3 is 19.9 Å². The van der Waals surface area contributed by atoms with Crippen LogP contribution in [0.1, 0.15) is 31.7 Å². The van der Waals surface area contributed by atoms with Crippen LogP contribution in [0.15, 0.2) is 18.2 Å². The molecule has 0 saturated carbocycles. The molecule has 2 amide bonds. The van der Waals surface area contributed by atoms with Crippen molar-refractivity contribution in [1.29, 1.82) is 0 Å². The lowest BCUT2D eigenvalue weighted by molar-refractivity contribution is -0.130. The summed E-state index contributed by atoms with van der Waals surface area (Å²) < 4.78 is 5.50. The van der Waals surface area contributed by atoms with Crippen molar-refractivity contribution in [2.24, 2.45) is 0 Å². The fourth-order valence-electron chi connectivity index (χ4n) is 3.81. The molecule has 0 bridgehead atoms. The number of aryl methyl sites for hydroxylation is 1. The standard InChI is InChI=1S/C19H27N3O3/c1-14(23)21-11-8-16(9-12-21)20-18(24)13-22-10-4-6-15-5-3-7-17(25-2)19(15)22/h3,5,7,16H,4,6,8-13H2,1-2H3,(H,20,24). The van der Waals surface area contributed by atoms with Crippen LogP contribution in [-0.4, -0.2) is 56.0 Å². The number of piperidine rings is 1. The Balaban J connectivity index is 1.59. The van der Waals surface area contributed by atoms with E-state index < -0.39 is 0 Å². The van der Waals surface area contributed by atoms with Crippen molar-refractivity contribution in [2.45, 2.75) is 38.6 Å². The molecule has 0 radical (unpaired) electrons. The van der Waals surface area contributed by atoms with Crippen molar-refractivity contribution in [1.82, 2.24) is 10.2 Å². The van der Waals surface area contributed by atoms with Gasteiger partial charge in [-0.2, -0.15) is 0 Å². The third-order valence-electron chi connectivity index (χ3n) is 5.13. The van der Waals surface area contributed by atoms with Crippen LogP contribution in [0.4, 0.5) is 5.69 Å². The quantitative estimate of drug-likeness (QED) is 0.900. The minimum atomic E-state index is 0.0417. The first-order chi connectivity index (χ1) is 12.1. The molecule has 0 unspecified atom stereocenters. The largest absolute Gasteiger partial charge is 0.495 e. The first-order valence-corrected chi connectivity index (χ1v) is 9.04. The summed E-state index contributed by atoms with van der Waals surface area (Å²) in [5.74, 6) is 0.988. The lowest BCUT2D eigenvalue weighted by Gasteiger charge is -2.34. The highest BCUT2D eigenvalue weighted by atomic mass is 16.5. The number of rotatable bonds is 4.